The maximum Gasteiger partial charge on any atom is 0.137 e. The van der Waals surface area contributed by atoms with Crippen LogP contribution in [0.25, 0.3) is 66.1 Å². The summed E-state index contributed by atoms with van der Waals surface area (Å²) in [4.78, 5) is 2.45. The first-order valence-electron chi connectivity index (χ1n) is 17.7. The summed E-state index contributed by atoms with van der Waals surface area (Å²) in [5.74, 6) is 0. The molecule has 9 aromatic rings. The van der Waals surface area contributed by atoms with Gasteiger partial charge >= 0.3 is 0 Å². The zero-order valence-electron chi connectivity index (χ0n) is 28.6. The lowest BCUT2D eigenvalue weighted by molar-refractivity contribution is 0.660. The third-order valence-electron chi connectivity index (χ3n) is 10.9. The Morgan fingerprint density at radius 1 is 0.431 bits per heavy atom. The molecule has 0 radical (unpaired) electrons. The average molecular weight is 654 g/mol. The number of para-hydroxylation sites is 2. The van der Waals surface area contributed by atoms with Crippen LogP contribution in [0.2, 0.25) is 0 Å². The van der Waals surface area contributed by atoms with Gasteiger partial charge < -0.3 is 9.32 Å². The minimum absolute atomic E-state index is 0.131. The number of hydrogen-bond donors (Lipinski definition) is 0. The fraction of sp³-hybridized carbons (Fsp3) is 0.0612. The van der Waals surface area contributed by atoms with Gasteiger partial charge in [-0.25, -0.2) is 0 Å². The van der Waals surface area contributed by atoms with Gasteiger partial charge in [0.15, 0.2) is 0 Å². The molecular weight excluding hydrogens is 619 g/mol. The summed E-state index contributed by atoms with van der Waals surface area (Å²) >= 11 is 0. The monoisotopic (exact) mass is 653 g/mol. The summed E-state index contributed by atoms with van der Waals surface area (Å²) in [7, 11) is 0. The lowest BCUT2D eigenvalue weighted by atomic mass is 9.82. The highest BCUT2D eigenvalue weighted by Crippen LogP contribution is 2.52. The lowest BCUT2D eigenvalue weighted by Crippen LogP contribution is -2.17. The van der Waals surface area contributed by atoms with E-state index < -0.39 is 0 Å². The normalized spacial score (nSPS) is 13.1. The van der Waals surface area contributed by atoms with Crippen molar-refractivity contribution in [1.29, 1.82) is 0 Å². The number of anilines is 3. The number of furan rings is 1. The van der Waals surface area contributed by atoms with Crippen molar-refractivity contribution in [3.05, 3.63) is 187 Å². The first-order valence-corrected chi connectivity index (χ1v) is 17.7. The molecule has 1 aromatic heterocycles. The van der Waals surface area contributed by atoms with E-state index in [1.807, 2.05) is 6.07 Å². The predicted octanol–water partition coefficient (Wildman–Crippen LogP) is 13.8. The van der Waals surface area contributed by atoms with Crippen molar-refractivity contribution in [1.82, 2.24) is 0 Å². The van der Waals surface area contributed by atoms with Gasteiger partial charge in [-0.3, -0.25) is 0 Å². The molecule has 0 aliphatic heterocycles. The Labute approximate surface area is 297 Å². The van der Waals surface area contributed by atoms with Crippen LogP contribution in [0.15, 0.2) is 180 Å². The van der Waals surface area contributed by atoms with E-state index in [-0.39, 0.29) is 5.41 Å². The van der Waals surface area contributed by atoms with Gasteiger partial charge in [-0.1, -0.05) is 147 Å². The summed E-state index contributed by atoms with van der Waals surface area (Å²) < 4.78 is 6.45. The Bertz CT molecular complexity index is 2800. The molecule has 0 saturated heterocycles. The van der Waals surface area contributed by atoms with E-state index in [2.05, 4.69) is 189 Å². The van der Waals surface area contributed by atoms with Gasteiger partial charge in [-0.15, -0.1) is 0 Å². The molecule has 0 spiro atoms. The predicted molar refractivity (Wildman–Crippen MR) is 214 cm³/mol. The Kier molecular flexibility index (Phi) is 6.56. The summed E-state index contributed by atoms with van der Waals surface area (Å²) in [5, 5.41) is 4.72. The number of fused-ring (bicyclic) bond motifs is 7. The molecule has 0 atom stereocenters. The number of benzene rings is 8. The minimum Gasteiger partial charge on any atom is -0.456 e. The molecule has 2 heteroatoms. The molecule has 1 heterocycles. The van der Waals surface area contributed by atoms with Crippen LogP contribution in [-0.2, 0) is 5.41 Å². The fourth-order valence-electron chi connectivity index (χ4n) is 8.43. The van der Waals surface area contributed by atoms with Crippen molar-refractivity contribution >= 4 is 49.8 Å². The van der Waals surface area contributed by atoms with Crippen molar-refractivity contribution < 1.29 is 4.42 Å². The molecule has 0 fully saturated rings. The molecule has 0 N–H and O–H groups in total. The van der Waals surface area contributed by atoms with Crippen LogP contribution in [0.4, 0.5) is 17.1 Å². The summed E-state index contributed by atoms with van der Waals surface area (Å²) in [6, 6.07) is 63.7. The molecule has 10 rings (SSSR count). The van der Waals surface area contributed by atoms with Crippen molar-refractivity contribution in [2.75, 3.05) is 4.90 Å². The van der Waals surface area contributed by atoms with Crippen LogP contribution >= 0.6 is 0 Å². The second-order valence-corrected chi connectivity index (χ2v) is 14.1. The van der Waals surface area contributed by atoms with E-state index in [4.69, 9.17) is 4.42 Å². The van der Waals surface area contributed by atoms with Gasteiger partial charge in [-0.05, 0) is 92.2 Å². The standard InChI is InChI=1S/C49H35NO/c1-49(2)42-23-8-5-20-39(42)40-29-28-35(31-43(40)49)50(45-25-13-27-47-48(45)41-21-7-10-26-46(41)51-47)44-24-9-6-19-38(44)34-17-11-16-33(30-34)37-22-12-15-32-14-3-4-18-36(32)37/h3-31H,1-2H3. The maximum absolute atomic E-state index is 6.45. The Morgan fingerprint density at radius 3 is 1.94 bits per heavy atom. The smallest absolute Gasteiger partial charge is 0.137 e. The highest BCUT2D eigenvalue weighted by molar-refractivity contribution is 6.14. The molecular formula is C49H35NO. The molecule has 0 unspecified atom stereocenters. The van der Waals surface area contributed by atoms with E-state index in [1.54, 1.807) is 0 Å². The zero-order valence-corrected chi connectivity index (χ0v) is 28.6. The second kappa shape index (κ2) is 11.3. The van der Waals surface area contributed by atoms with Crippen molar-refractivity contribution in [3.63, 3.8) is 0 Å². The number of hydrogen-bond acceptors (Lipinski definition) is 2. The first kappa shape index (κ1) is 29.5. The fourth-order valence-corrected chi connectivity index (χ4v) is 8.43. The van der Waals surface area contributed by atoms with Crippen LogP contribution in [0.3, 0.4) is 0 Å². The average Bonchev–Trinajstić information content (AvgIpc) is 3.67. The van der Waals surface area contributed by atoms with Crippen LogP contribution in [0, 0.1) is 0 Å². The molecule has 2 nitrogen and oxygen atoms in total. The Hall–Kier alpha value is -6.38. The third-order valence-corrected chi connectivity index (χ3v) is 10.9. The van der Waals surface area contributed by atoms with E-state index in [0.717, 1.165) is 44.6 Å². The summed E-state index contributed by atoms with van der Waals surface area (Å²) in [5.41, 5.74) is 15.1. The van der Waals surface area contributed by atoms with Crippen LogP contribution in [0.1, 0.15) is 25.0 Å². The quantitative estimate of drug-likeness (QED) is 0.184. The summed E-state index contributed by atoms with van der Waals surface area (Å²) in [6.45, 7) is 4.70. The van der Waals surface area contributed by atoms with Gasteiger partial charge in [-0.2, -0.15) is 0 Å². The van der Waals surface area contributed by atoms with E-state index in [1.165, 1.54) is 49.7 Å². The molecule has 0 amide bonds. The molecule has 1 aliphatic rings. The molecule has 51 heavy (non-hydrogen) atoms. The molecule has 0 saturated carbocycles. The molecule has 242 valence electrons. The topological polar surface area (TPSA) is 16.4 Å². The number of rotatable bonds is 5. The highest BCUT2D eigenvalue weighted by Gasteiger charge is 2.36. The molecule has 8 aromatic carbocycles. The van der Waals surface area contributed by atoms with Crippen LogP contribution in [0.5, 0.6) is 0 Å². The third kappa shape index (κ3) is 4.57. The Balaban J connectivity index is 1.22. The van der Waals surface area contributed by atoms with E-state index in [9.17, 15) is 0 Å². The van der Waals surface area contributed by atoms with E-state index in [0.29, 0.717) is 0 Å². The summed E-state index contributed by atoms with van der Waals surface area (Å²) in [6.07, 6.45) is 0. The van der Waals surface area contributed by atoms with Crippen LogP contribution < -0.4 is 4.90 Å². The zero-order chi connectivity index (χ0) is 34.1. The minimum atomic E-state index is -0.131. The second-order valence-electron chi connectivity index (χ2n) is 14.1. The van der Waals surface area contributed by atoms with Crippen molar-refractivity contribution in [2.45, 2.75) is 19.3 Å². The van der Waals surface area contributed by atoms with Crippen molar-refractivity contribution in [3.8, 4) is 33.4 Å². The largest absolute Gasteiger partial charge is 0.456 e. The van der Waals surface area contributed by atoms with Gasteiger partial charge in [0.05, 0.1) is 16.8 Å². The first-order chi connectivity index (χ1) is 25.1. The van der Waals surface area contributed by atoms with Crippen LogP contribution in [-0.4, -0.2) is 0 Å². The highest BCUT2D eigenvalue weighted by atomic mass is 16.3. The molecule has 0 bridgehead atoms. The lowest BCUT2D eigenvalue weighted by Gasteiger charge is -2.30. The van der Waals surface area contributed by atoms with Gasteiger partial charge in [0.2, 0.25) is 0 Å². The molecule has 1 aliphatic carbocycles. The van der Waals surface area contributed by atoms with Gasteiger partial charge in [0.1, 0.15) is 11.2 Å². The number of nitrogens with zero attached hydrogens (tertiary/aromatic N) is 1. The van der Waals surface area contributed by atoms with E-state index >= 15 is 0 Å². The Morgan fingerprint density at radius 2 is 1.04 bits per heavy atom. The SMILES string of the molecule is CC1(C)c2ccccc2-c2ccc(N(c3ccccc3-c3cccc(-c4cccc5ccccc45)c3)c3cccc4oc5ccccc5c34)cc21. The van der Waals surface area contributed by atoms with Crippen molar-refractivity contribution in [2.24, 2.45) is 0 Å². The maximum atomic E-state index is 6.45. The van der Waals surface area contributed by atoms with Gasteiger partial charge in [0, 0.05) is 22.1 Å². The van der Waals surface area contributed by atoms with Gasteiger partial charge in [0.25, 0.3) is 0 Å².